The van der Waals surface area contributed by atoms with E-state index in [1.165, 1.54) is 31.4 Å². The highest BCUT2D eigenvalue weighted by molar-refractivity contribution is 5.62. The van der Waals surface area contributed by atoms with E-state index in [0.29, 0.717) is 0 Å². The molecule has 1 aromatic heterocycles. The maximum atomic E-state index is 9.00. The average molecular weight is 225 g/mol. The zero-order valence-corrected chi connectivity index (χ0v) is 10.6. The molecule has 16 heavy (non-hydrogen) atoms. The molecule has 0 saturated heterocycles. The molecule has 0 spiro atoms. The van der Waals surface area contributed by atoms with E-state index in [0.717, 1.165) is 13.3 Å². The number of aromatic nitrogens is 1. The number of aryl methyl sites for hydroxylation is 2. The van der Waals surface area contributed by atoms with Gasteiger partial charge in [0.15, 0.2) is 0 Å². The van der Waals surface area contributed by atoms with Crippen molar-refractivity contribution in [2.24, 2.45) is 0 Å². The van der Waals surface area contributed by atoms with Crippen molar-refractivity contribution in [3.05, 3.63) is 24.0 Å². The summed E-state index contributed by atoms with van der Waals surface area (Å²) in [6.45, 7) is 6.71. The second-order valence-electron chi connectivity index (χ2n) is 3.84. The number of rotatable bonds is 5. The Hall–Kier alpha value is -1.25. The maximum absolute atomic E-state index is 9.00. The molecular formula is C13H23NO2. The molecule has 1 N–H and O–H groups in total. The number of carbonyl (C=O) groups is 1. The van der Waals surface area contributed by atoms with E-state index in [-0.39, 0.29) is 0 Å². The SMILES string of the molecule is CC(=O)O.CCCCCn1ccc(CC)c1. The van der Waals surface area contributed by atoms with Crippen molar-refractivity contribution in [2.45, 2.75) is 53.0 Å². The highest BCUT2D eigenvalue weighted by atomic mass is 16.4. The van der Waals surface area contributed by atoms with Crippen LogP contribution in [0.3, 0.4) is 0 Å². The fraction of sp³-hybridized carbons (Fsp3) is 0.615. The van der Waals surface area contributed by atoms with Crippen LogP contribution in [0.4, 0.5) is 0 Å². The van der Waals surface area contributed by atoms with Crippen molar-refractivity contribution in [1.29, 1.82) is 0 Å². The number of carboxylic acid groups (broad SMARTS) is 1. The Morgan fingerprint density at radius 2 is 2.00 bits per heavy atom. The van der Waals surface area contributed by atoms with E-state index < -0.39 is 5.97 Å². The second-order valence-corrected chi connectivity index (χ2v) is 3.84. The summed E-state index contributed by atoms with van der Waals surface area (Å²) in [6.07, 6.45) is 9.57. The summed E-state index contributed by atoms with van der Waals surface area (Å²) in [5, 5.41) is 7.42. The van der Waals surface area contributed by atoms with Gasteiger partial charge in [0, 0.05) is 25.9 Å². The highest BCUT2D eigenvalue weighted by Gasteiger charge is 1.93. The second kappa shape index (κ2) is 9.01. The van der Waals surface area contributed by atoms with Crippen molar-refractivity contribution in [1.82, 2.24) is 4.57 Å². The fourth-order valence-corrected chi connectivity index (χ4v) is 1.38. The molecule has 1 heterocycles. The van der Waals surface area contributed by atoms with Crippen molar-refractivity contribution >= 4 is 5.97 Å². The van der Waals surface area contributed by atoms with E-state index in [2.05, 4.69) is 36.9 Å². The summed E-state index contributed by atoms with van der Waals surface area (Å²) in [7, 11) is 0. The molecular weight excluding hydrogens is 202 g/mol. The third kappa shape index (κ3) is 8.09. The van der Waals surface area contributed by atoms with Gasteiger partial charge < -0.3 is 9.67 Å². The van der Waals surface area contributed by atoms with Gasteiger partial charge in [-0.15, -0.1) is 0 Å². The van der Waals surface area contributed by atoms with Gasteiger partial charge in [-0.25, -0.2) is 0 Å². The topological polar surface area (TPSA) is 42.2 Å². The first-order chi connectivity index (χ1) is 7.60. The van der Waals surface area contributed by atoms with Crippen LogP contribution in [0.15, 0.2) is 18.5 Å². The van der Waals surface area contributed by atoms with Crippen molar-refractivity contribution in [3.8, 4) is 0 Å². The number of carboxylic acids is 1. The largest absolute Gasteiger partial charge is 0.481 e. The standard InChI is InChI=1S/C11H19N.C2H4O2/c1-3-5-6-8-12-9-7-11(4-2)10-12;1-2(3)4/h7,9-10H,3-6,8H2,1-2H3;1H3,(H,3,4). The molecule has 1 aromatic rings. The van der Waals surface area contributed by atoms with Crippen LogP contribution in [0, 0.1) is 0 Å². The van der Waals surface area contributed by atoms with Gasteiger partial charge in [0.1, 0.15) is 0 Å². The molecule has 3 nitrogen and oxygen atoms in total. The third-order valence-electron chi connectivity index (χ3n) is 2.24. The van der Waals surface area contributed by atoms with Crippen LogP contribution < -0.4 is 0 Å². The quantitative estimate of drug-likeness (QED) is 0.781. The summed E-state index contributed by atoms with van der Waals surface area (Å²) in [6, 6.07) is 2.21. The highest BCUT2D eigenvalue weighted by Crippen LogP contribution is 2.04. The molecule has 1 rings (SSSR count). The number of unbranched alkanes of at least 4 members (excludes halogenated alkanes) is 2. The maximum Gasteiger partial charge on any atom is 0.300 e. The normalized spacial score (nSPS) is 9.44. The lowest BCUT2D eigenvalue weighted by Gasteiger charge is -2.00. The molecule has 3 heteroatoms. The molecule has 0 atom stereocenters. The van der Waals surface area contributed by atoms with Crippen LogP contribution in [0.2, 0.25) is 0 Å². The van der Waals surface area contributed by atoms with Gasteiger partial charge in [-0.05, 0) is 24.5 Å². The Kier molecular flexibility index (Phi) is 8.31. The third-order valence-corrected chi connectivity index (χ3v) is 2.24. The van der Waals surface area contributed by atoms with Crippen molar-refractivity contribution in [3.63, 3.8) is 0 Å². The molecule has 0 aliphatic rings. The van der Waals surface area contributed by atoms with Gasteiger partial charge in [0.2, 0.25) is 0 Å². The summed E-state index contributed by atoms with van der Waals surface area (Å²) in [4.78, 5) is 9.00. The molecule has 0 saturated carbocycles. The predicted molar refractivity (Wildman–Crippen MR) is 66.6 cm³/mol. The van der Waals surface area contributed by atoms with E-state index in [1.807, 2.05) is 0 Å². The summed E-state index contributed by atoms with van der Waals surface area (Å²) in [5.41, 5.74) is 1.45. The van der Waals surface area contributed by atoms with Crippen LogP contribution >= 0.6 is 0 Å². The first-order valence-electron chi connectivity index (χ1n) is 5.94. The molecule has 0 amide bonds. The number of hydrogen-bond acceptors (Lipinski definition) is 1. The van der Waals surface area contributed by atoms with Gasteiger partial charge in [-0.1, -0.05) is 26.7 Å². The lowest BCUT2D eigenvalue weighted by Crippen LogP contribution is -1.93. The predicted octanol–water partition coefficient (Wildman–Crippen LogP) is 3.33. The smallest absolute Gasteiger partial charge is 0.300 e. The Bertz CT molecular complexity index is 288. The van der Waals surface area contributed by atoms with E-state index >= 15 is 0 Å². The molecule has 0 aliphatic carbocycles. The molecule has 0 unspecified atom stereocenters. The van der Waals surface area contributed by atoms with E-state index in [1.54, 1.807) is 0 Å². The lowest BCUT2D eigenvalue weighted by molar-refractivity contribution is -0.134. The molecule has 0 bridgehead atoms. The number of hydrogen-bond donors (Lipinski definition) is 1. The van der Waals surface area contributed by atoms with Gasteiger partial charge in [-0.2, -0.15) is 0 Å². The van der Waals surface area contributed by atoms with Gasteiger partial charge in [0.25, 0.3) is 5.97 Å². The minimum Gasteiger partial charge on any atom is -0.481 e. The number of nitrogens with zero attached hydrogens (tertiary/aromatic N) is 1. The fourth-order valence-electron chi connectivity index (χ4n) is 1.38. The van der Waals surface area contributed by atoms with Crippen molar-refractivity contribution in [2.75, 3.05) is 0 Å². The van der Waals surface area contributed by atoms with Crippen LogP contribution in [0.25, 0.3) is 0 Å². The Morgan fingerprint density at radius 3 is 2.44 bits per heavy atom. The molecule has 0 radical (unpaired) electrons. The van der Waals surface area contributed by atoms with Crippen LogP contribution in [-0.2, 0) is 17.8 Å². The minimum absolute atomic E-state index is 0.833. The van der Waals surface area contributed by atoms with Gasteiger partial charge in [-0.3, -0.25) is 4.79 Å². The van der Waals surface area contributed by atoms with Crippen LogP contribution in [0.1, 0.15) is 45.6 Å². The first-order valence-corrected chi connectivity index (χ1v) is 5.94. The average Bonchev–Trinajstić information content (AvgIpc) is 2.65. The zero-order valence-electron chi connectivity index (χ0n) is 10.6. The first kappa shape index (κ1) is 14.8. The molecule has 0 aliphatic heterocycles. The summed E-state index contributed by atoms with van der Waals surface area (Å²) in [5.74, 6) is -0.833. The molecule has 0 fully saturated rings. The van der Waals surface area contributed by atoms with E-state index in [9.17, 15) is 0 Å². The Morgan fingerprint density at radius 1 is 1.38 bits per heavy atom. The van der Waals surface area contributed by atoms with Crippen molar-refractivity contribution < 1.29 is 9.90 Å². The van der Waals surface area contributed by atoms with Crippen LogP contribution in [0.5, 0.6) is 0 Å². The summed E-state index contributed by atoms with van der Waals surface area (Å²) < 4.78 is 2.30. The van der Waals surface area contributed by atoms with E-state index in [4.69, 9.17) is 9.90 Å². The summed E-state index contributed by atoms with van der Waals surface area (Å²) >= 11 is 0. The van der Waals surface area contributed by atoms with Crippen LogP contribution in [-0.4, -0.2) is 15.6 Å². The monoisotopic (exact) mass is 225 g/mol. The molecule has 92 valence electrons. The zero-order chi connectivity index (χ0) is 12.4. The Labute approximate surface area is 98.1 Å². The minimum atomic E-state index is -0.833. The molecule has 0 aromatic carbocycles. The lowest BCUT2D eigenvalue weighted by atomic mass is 10.2. The Balaban J connectivity index is 0.000000487. The number of aliphatic carboxylic acids is 1. The van der Waals surface area contributed by atoms with Gasteiger partial charge in [0.05, 0.1) is 0 Å². The van der Waals surface area contributed by atoms with Gasteiger partial charge >= 0.3 is 0 Å².